The normalized spacial score (nSPS) is 11.1. The van der Waals surface area contributed by atoms with Crippen LogP contribution in [0.15, 0.2) is 54.7 Å². The summed E-state index contributed by atoms with van der Waals surface area (Å²) in [5, 5.41) is 20.8. The van der Waals surface area contributed by atoms with Gasteiger partial charge in [-0.15, -0.1) is 10.2 Å². The highest BCUT2D eigenvalue weighted by Crippen LogP contribution is 2.30. The lowest BCUT2D eigenvalue weighted by molar-refractivity contribution is -0.385. The quantitative estimate of drug-likeness (QED) is 0.538. The fraction of sp³-hybridized carbons (Fsp3) is 0.0588. The van der Waals surface area contributed by atoms with E-state index in [-0.39, 0.29) is 17.2 Å². The van der Waals surface area contributed by atoms with Crippen LogP contribution in [0.2, 0.25) is 0 Å². The van der Waals surface area contributed by atoms with Gasteiger partial charge in [-0.1, -0.05) is 12.1 Å². The monoisotopic (exact) mass is 389 g/mol. The van der Waals surface area contributed by atoms with Crippen LogP contribution in [0.4, 0.5) is 24.7 Å². The number of nitrogens with one attached hydrogen (secondary N) is 1. The molecule has 0 spiro atoms. The number of rotatable bonds is 4. The molecule has 1 amide bonds. The van der Waals surface area contributed by atoms with E-state index in [1.807, 2.05) is 0 Å². The minimum Gasteiger partial charge on any atom is -0.304 e. The van der Waals surface area contributed by atoms with E-state index in [2.05, 4.69) is 20.5 Å². The zero-order chi connectivity index (χ0) is 20.3. The molecule has 8 nitrogen and oxygen atoms in total. The molecule has 0 saturated carbocycles. The van der Waals surface area contributed by atoms with Gasteiger partial charge in [0.2, 0.25) is 0 Å². The van der Waals surface area contributed by atoms with Crippen molar-refractivity contribution in [2.45, 2.75) is 6.18 Å². The van der Waals surface area contributed by atoms with Crippen LogP contribution in [0.5, 0.6) is 0 Å². The van der Waals surface area contributed by atoms with Gasteiger partial charge in [0.15, 0.2) is 5.82 Å². The van der Waals surface area contributed by atoms with Crippen LogP contribution in [-0.4, -0.2) is 26.0 Å². The van der Waals surface area contributed by atoms with E-state index in [1.54, 1.807) is 0 Å². The number of pyridine rings is 1. The van der Waals surface area contributed by atoms with Crippen molar-refractivity contribution in [1.29, 1.82) is 0 Å². The van der Waals surface area contributed by atoms with Crippen LogP contribution in [0.1, 0.15) is 16.1 Å². The van der Waals surface area contributed by atoms with Gasteiger partial charge in [0.05, 0.1) is 16.2 Å². The maximum atomic E-state index is 12.6. The minimum absolute atomic E-state index is 0.0500. The molecule has 0 fully saturated rings. The molecular weight excluding hydrogens is 379 g/mol. The van der Waals surface area contributed by atoms with Gasteiger partial charge in [0, 0.05) is 23.9 Å². The lowest BCUT2D eigenvalue weighted by Gasteiger charge is -2.07. The molecule has 0 unspecified atom stereocenters. The fourth-order valence-electron chi connectivity index (χ4n) is 2.22. The molecule has 142 valence electrons. The molecule has 3 rings (SSSR count). The fourth-order valence-corrected chi connectivity index (χ4v) is 2.22. The van der Waals surface area contributed by atoms with Crippen LogP contribution in [-0.2, 0) is 6.18 Å². The topological polar surface area (TPSA) is 111 Å². The van der Waals surface area contributed by atoms with E-state index in [4.69, 9.17) is 0 Å². The third-order valence-electron chi connectivity index (χ3n) is 3.60. The first kappa shape index (κ1) is 18.9. The summed E-state index contributed by atoms with van der Waals surface area (Å²) >= 11 is 0. The van der Waals surface area contributed by atoms with Gasteiger partial charge < -0.3 is 5.32 Å². The Morgan fingerprint density at radius 3 is 2.32 bits per heavy atom. The van der Waals surface area contributed by atoms with Crippen molar-refractivity contribution >= 4 is 17.4 Å². The van der Waals surface area contributed by atoms with Gasteiger partial charge >= 0.3 is 6.18 Å². The number of benzene rings is 1. The summed E-state index contributed by atoms with van der Waals surface area (Å²) in [5.74, 6) is -0.672. The summed E-state index contributed by atoms with van der Waals surface area (Å²) in [6, 6.07) is 9.41. The summed E-state index contributed by atoms with van der Waals surface area (Å²) in [6.07, 6.45) is -3.30. The number of amides is 1. The second kappa shape index (κ2) is 7.39. The Bertz CT molecular complexity index is 1020. The van der Waals surface area contributed by atoms with Crippen LogP contribution < -0.4 is 5.32 Å². The average molecular weight is 389 g/mol. The van der Waals surface area contributed by atoms with Gasteiger partial charge in [0.25, 0.3) is 11.6 Å². The largest absolute Gasteiger partial charge is 0.416 e. The van der Waals surface area contributed by atoms with Crippen molar-refractivity contribution in [2.24, 2.45) is 0 Å². The first-order chi connectivity index (χ1) is 13.2. The Morgan fingerprint density at radius 2 is 1.75 bits per heavy atom. The molecule has 0 bridgehead atoms. The molecule has 0 radical (unpaired) electrons. The third kappa shape index (κ3) is 4.26. The SMILES string of the molecule is O=C(Nc1ccc(-c2ccc(C(F)(F)F)cc2)nn1)c1cc([N+](=O)[O-])ccn1. The highest BCUT2D eigenvalue weighted by molar-refractivity contribution is 6.02. The van der Waals surface area contributed by atoms with Crippen molar-refractivity contribution in [3.05, 3.63) is 76.1 Å². The van der Waals surface area contributed by atoms with Gasteiger partial charge in [-0.25, -0.2) is 0 Å². The van der Waals surface area contributed by atoms with Gasteiger partial charge in [0.1, 0.15) is 5.69 Å². The van der Waals surface area contributed by atoms with Crippen molar-refractivity contribution in [2.75, 3.05) is 5.32 Å². The smallest absolute Gasteiger partial charge is 0.304 e. The van der Waals surface area contributed by atoms with Crippen LogP contribution in [0, 0.1) is 10.1 Å². The van der Waals surface area contributed by atoms with E-state index in [9.17, 15) is 28.1 Å². The van der Waals surface area contributed by atoms with Crippen molar-refractivity contribution in [3.63, 3.8) is 0 Å². The van der Waals surface area contributed by atoms with Gasteiger partial charge in [-0.05, 0) is 24.3 Å². The maximum Gasteiger partial charge on any atom is 0.416 e. The number of anilines is 1. The Labute approximate surface area is 155 Å². The molecule has 0 aliphatic rings. The summed E-state index contributed by atoms with van der Waals surface area (Å²) in [7, 11) is 0. The molecule has 2 heterocycles. The molecule has 28 heavy (non-hydrogen) atoms. The van der Waals surface area contributed by atoms with Crippen molar-refractivity contribution in [3.8, 4) is 11.3 Å². The summed E-state index contributed by atoms with van der Waals surface area (Å²) in [4.78, 5) is 25.9. The minimum atomic E-state index is -4.43. The maximum absolute atomic E-state index is 12.6. The first-order valence-corrected chi connectivity index (χ1v) is 7.67. The number of halogens is 3. The number of hydrogen-bond donors (Lipinski definition) is 1. The van der Waals surface area contributed by atoms with Crippen molar-refractivity contribution < 1.29 is 22.9 Å². The lowest BCUT2D eigenvalue weighted by atomic mass is 10.1. The number of nitrogens with zero attached hydrogens (tertiary/aromatic N) is 4. The molecule has 2 aromatic heterocycles. The van der Waals surface area contributed by atoms with Gasteiger partial charge in [-0.2, -0.15) is 13.2 Å². The second-order valence-electron chi connectivity index (χ2n) is 5.49. The number of aromatic nitrogens is 3. The molecule has 1 aromatic carbocycles. The zero-order valence-corrected chi connectivity index (χ0v) is 13.8. The Morgan fingerprint density at radius 1 is 1.04 bits per heavy atom. The van der Waals surface area contributed by atoms with E-state index < -0.39 is 22.6 Å². The lowest BCUT2D eigenvalue weighted by Crippen LogP contribution is -2.15. The third-order valence-corrected chi connectivity index (χ3v) is 3.60. The van der Waals surface area contributed by atoms with E-state index in [1.165, 1.54) is 24.3 Å². The summed E-state index contributed by atoms with van der Waals surface area (Å²) < 4.78 is 37.8. The predicted octanol–water partition coefficient (Wildman–Crippen LogP) is 3.72. The van der Waals surface area contributed by atoms with Crippen LogP contribution in [0.3, 0.4) is 0 Å². The number of nitro groups is 1. The zero-order valence-electron chi connectivity index (χ0n) is 13.8. The first-order valence-electron chi connectivity index (χ1n) is 7.67. The number of carbonyl (C=O) groups is 1. The Kier molecular flexibility index (Phi) is 4.98. The number of alkyl halides is 3. The Hall–Kier alpha value is -3.89. The van der Waals surface area contributed by atoms with E-state index in [0.29, 0.717) is 11.3 Å². The number of carbonyl (C=O) groups excluding carboxylic acids is 1. The molecule has 0 aliphatic carbocycles. The van der Waals surface area contributed by atoms with E-state index in [0.717, 1.165) is 30.5 Å². The highest BCUT2D eigenvalue weighted by Gasteiger charge is 2.30. The summed E-state index contributed by atoms with van der Waals surface area (Å²) in [5.41, 5.74) is -0.525. The number of hydrogen-bond acceptors (Lipinski definition) is 6. The van der Waals surface area contributed by atoms with Crippen molar-refractivity contribution in [1.82, 2.24) is 15.2 Å². The molecular formula is C17H10F3N5O3. The van der Waals surface area contributed by atoms with Crippen LogP contribution in [0.25, 0.3) is 11.3 Å². The highest BCUT2D eigenvalue weighted by atomic mass is 19.4. The molecule has 0 aliphatic heterocycles. The second-order valence-corrected chi connectivity index (χ2v) is 5.49. The average Bonchev–Trinajstić information content (AvgIpc) is 2.68. The summed E-state index contributed by atoms with van der Waals surface area (Å²) in [6.45, 7) is 0. The predicted molar refractivity (Wildman–Crippen MR) is 91.3 cm³/mol. The molecule has 11 heteroatoms. The van der Waals surface area contributed by atoms with E-state index >= 15 is 0 Å². The molecule has 0 saturated heterocycles. The molecule has 0 atom stereocenters. The van der Waals surface area contributed by atoms with Gasteiger partial charge in [-0.3, -0.25) is 19.9 Å². The van der Waals surface area contributed by atoms with Crippen LogP contribution >= 0.6 is 0 Å². The molecule has 3 aromatic rings. The standard InChI is InChI=1S/C17H10F3N5O3/c18-17(19,20)11-3-1-10(2-4-11)13-5-6-15(24-23-13)22-16(26)14-9-12(25(27)28)7-8-21-14/h1-9H,(H,22,24,26). The Balaban J connectivity index is 1.73. The molecule has 1 N–H and O–H groups in total.